The Morgan fingerprint density at radius 1 is 1.40 bits per heavy atom. The van der Waals surface area contributed by atoms with E-state index in [1.807, 2.05) is 37.2 Å². The van der Waals surface area contributed by atoms with Crippen LogP contribution in [0.4, 0.5) is 5.69 Å². The highest BCUT2D eigenvalue weighted by Crippen LogP contribution is 2.22. The Bertz CT molecular complexity index is 514. The molecule has 1 N–H and O–H groups in total. The molecular formula is C15H20N2O3. The van der Waals surface area contributed by atoms with Gasteiger partial charge < -0.3 is 14.9 Å². The molecule has 1 heterocycles. The molecule has 108 valence electrons. The third-order valence-electron chi connectivity index (χ3n) is 3.65. The molecule has 0 spiro atoms. The molecule has 2 rings (SSSR count). The number of anilines is 1. The zero-order valence-corrected chi connectivity index (χ0v) is 11.9. The van der Waals surface area contributed by atoms with Crippen molar-refractivity contribution >= 4 is 17.6 Å². The summed E-state index contributed by atoms with van der Waals surface area (Å²) < 4.78 is 0. The lowest BCUT2D eigenvalue weighted by Gasteiger charge is -2.18. The molecule has 20 heavy (non-hydrogen) atoms. The van der Waals surface area contributed by atoms with Crippen LogP contribution in [0.1, 0.15) is 23.2 Å². The topological polar surface area (TPSA) is 60.9 Å². The Morgan fingerprint density at radius 2 is 2.15 bits per heavy atom. The Balaban J connectivity index is 2.05. The van der Waals surface area contributed by atoms with Crippen LogP contribution in [0.3, 0.4) is 0 Å². The third kappa shape index (κ3) is 3.29. The number of aliphatic carboxylic acids is 1. The number of amides is 1. The van der Waals surface area contributed by atoms with Gasteiger partial charge in [0.05, 0.1) is 0 Å². The number of likely N-dealkylation sites (tertiary alicyclic amines) is 1. The van der Waals surface area contributed by atoms with Gasteiger partial charge in [0.2, 0.25) is 0 Å². The van der Waals surface area contributed by atoms with Gasteiger partial charge in [-0.2, -0.15) is 0 Å². The Morgan fingerprint density at radius 3 is 2.80 bits per heavy atom. The first-order valence-electron chi connectivity index (χ1n) is 6.76. The zero-order valence-electron chi connectivity index (χ0n) is 11.9. The summed E-state index contributed by atoms with van der Waals surface area (Å²) in [5, 5.41) is 8.80. The molecule has 1 aliphatic heterocycles. The van der Waals surface area contributed by atoms with Crippen LogP contribution < -0.4 is 4.90 Å². The summed E-state index contributed by atoms with van der Waals surface area (Å²) in [6, 6.07) is 7.49. The van der Waals surface area contributed by atoms with E-state index in [0.717, 1.165) is 12.1 Å². The normalized spacial score (nSPS) is 18.1. The number of hydrogen-bond acceptors (Lipinski definition) is 3. The lowest BCUT2D eigenvalue weighted by Crippen LogP contribution is -2.29. The van der Waals surface area contributed by atoms with Gasteiger partial charge in [0.1, 0.15) is 0 Å². The lowest BCUT2D eigenvalue weighted by atomic mass is 10.1. The molecule has 1 aliphatic rings. The second-order valence-electron chi connectivity index (χ2n) is 5.45. The maximum atomic E-state index is 12.4. The number of carboxylic acid groups (broad SMARTS) is 1. The van der Waals surface area contributed by atoms with Gasteiger partial charge in [0, 0.05) is 44.9 Å². The van der Waals surface area contributed by atoms with E-state index in [2.05, 4.69) is 0 Å². The summed E-state index contributed by atoms with van der Waals surface area (Å²) in [6.45, 7) is 1.18. The number of rotatable bonds is 4. The molecule has 0 bridgehead atoms. The quantitative estimate of drug-likeness (QED) is 0.909. The van der Waals surface area contributed by atoms with Crippen LogP contribution in [0.5, 0.6) is 0 Å². The second kappa shape index (κ2) is 5.94. The lowest BCUT2D eigenvalue weighted by molar-refractivity contribution is -0.138. The van der Waals surface area contributed by atoms with E-state index in [1.165, 1.54) is 0 Å². The number of carbonyl (C=O) groups is 2. The van der Waals surface area contributed by atoms with E-state index >= 15 is 0 Å². The number of carboxylic acids is 1. The predicted molar refractivity (Wildman–Crippen MR) is 77.0 cm³/mol. The van der Waals surface area contributed by atoms with Crippen molar-refractivity contribution in [3.05, 3.63) is 29.8 Å². The highest BCUT2D eigenvalue weighted by molar-refractivity contribution is 5.95. The van der Waals surface area contributed by atoms with Gasteiger partial charge in [-0.3, -0.25) is 9.59 Å². The van der Waals surface area contributed by atoms with Crippen molar-refractivity contribution < 1.29 is 14.7 Å². The maximum absolute atomic E-state index is 12.4. The van der Waals surface area contributed by atoms with Crippen molar-refractivity contribution in [3.63, 3.8) is 0 Å². The smallest absolute Gasteiger partial charge is 0.303 e. The first-order valence-corrected chi connectivity index (χ1v) is 6.76. The average molecular weight is 276 g/mol. The minimum absolute atomic E-state index is 0.0124. The summed E-state index contributed by atoms with van der Waals surface area (Å²) in [7, 11) is 3.87. The fourth-order valence-corrected chi connectivity index (χ4v) is 2.53. The molecule has 5 nitrogen and oxygen atoms in total. The summed E-state index contributed by atoms with van der Waals surface area (Å²) >= 11 is 0. The molecular weight excluding hydrogens is 256 g/mol. The summed E-state index contributed by atoms with van der Waals surface area (Å²) in [6.07, 6.45) is 0.910. The molecule has 1 atom stereocenters. The molecule has 1 aromatic rings. The van der Waals surface area contributed by atoms with E-state index in [1.54, 1.807) is 11.0 Å². The van der Waals surface area contributed by atoms with Crippen molar-refractivity contribution in [2.24, 2.45) is 5.92 Å². The van der Waals surface area contributed by atoms with E-state index in [0.29, 0.717) is 18.7 Å². The highest BCUT2D eigenvalue weighted by atomic mass is 16.4. The monoisotopic (exact) mass is 276 g/mol. The third-order valence-corrected chi connectivity index (χ3v) is 3.65. The van der Waals surface area contributed by atoms with Gasteiger partial charge in [-0.1, -0.05) is 6.07 Å². The molecule has 0 radical (unpaired) electrons. The minimum atomic E-state index is -0.793. The van der Waals surface area contributed by atoms with E-state index < -0.39 is 5.97 Å². The van der Waals surface area contributed by atoms with Crippen molar-refractivity contribution in [1.29, 1.82) is 0 Å². The largest absolute Gasteiger partial charge is 0.481 e. The molecule has 0 aliphatic carbocycles. The molecule has 1 aromatic carbocycles. The number of carbonyl (C=O) groups excluding carboxylic acids is 1. The van der Waals surface area contributed by atoms with E-state index in [4.69, 9.17) is 5.11 Å². The van der Waals surface area contributed by atoms with Crippen LogP contribution in [-0.2, 0) is 4.79 Å². The number of benzene rings is 1. The molecule has 1 amide bonds. The van der Waals surface area contributed by atoms with Crippen LogP contribution in [0.2, 0.25) is 0 Å². The summed E-state index contributed by atoms with van der Waals surface area (Å²) in [5.41, 5.74) is 1.64. The van der Waals surface area contributed by atoms with Gasteiger partial charge in [0.15, 0.2) is 0 Å². The standard InChI is InChI=1S/C15H20N2O3/c1-16(2)13-5-3-4-12(9-13)15(20)17-7-6-11(10-17)8-14(18)19/h3-5,9,11H,6-8,10H2,1-2H3,(H,18,19). The van der Waals surface area contributed by atoms with Crippen molar-refractivity contribution in [3.8, 4) is 0 Å². The number of hydrogen-bond donors (Lipinski definition) is 1. The average Bonchev–Trinajstić information content (AvgIpc) is 2.85. The first kappa shape index (κ1) is 14.4. The van der Waals surface area contributed by atoms with Crippen LogP contribution in [0, 0.1) is 5.92 Å². The molecule has 5 heteroatoms. The van der Waals surface area contributed by atoms with Gasteiger partial charge in [-0.25, -0.2) is 0 Å². The minimum Gasteiger partial charge on any atom is -0.481 e. The van der Waals surface area contributed by atoms with Gasteiger partial charge in [-0.15, -0.1) is 0 Å². The van der Waals surface area contributed by atoms with Gasteiger partial charge >= 0.3 is 5.97 Å². The van der Waals surface area contributed by atoms with Gasteiger partial charge in [-0.05, 0) is 30.5 Å². The van der Waals surface area contributed by atoms with E-state index in [9.17, 15) is 9.59 Å². The van der Waals surface area contributed by atoms with Crippen LogP contribution in [0.25, 0.3) is 0 Å². The van der Waals surface area contributed by atoms with Crippen LogP contribution in [-0.4, -0.2) is 49.1 Å². The Hall–Kier alpha value is -2.04. The van der Waals surface area contributed by atoms with Crippen molar-refractivity contribution in [1.82, 2.24) is 4.90 Å². The molecule has 1 unspecified atom stereocenters. The zero-order chi connectivity index (χ0) is 14.7. The molecule has 0 aromatic heterocycles. The Kier molecular flexibility index (Phi) is 4.27. The second-order valence-corrected chi connectivity index (χ2v) is 5.45. The van der Waals surface area contributed by atoms with E-state index in [-0.39, 0.29) is 18.2 Å². The SMILES string of the molecule is CN(C)c1cccc(C(=O)N2CCC(CC(=O)O)C2)c1. The fraction of sp³-hybridized carbons (Fsp3) is 0.467. The van der Waals surface area contributed by atoms with Crippen LogP contribution in [0.15, 0.2) is 24.3 Å². The Labute approximate surface area is 118 Å². The van der Waals surface area contributed by atoms with Crippen LogP contribution >= 0.6 is 0 Å². The van der Waals surface area contributed by atoms with Crippen molar-refractivity contribution in [2.75, 3.05) is 32.1 Å². The highest BCUT2D eigenvalue weighted by Gasteiger charge is 2.28. The van der Waals surface area contributed by atoms with Gasteiger partial charge in [0.25, 0.3) is 5.91 Å². The maximum Gasteiger partial charge on any atom is 0.303 e. The summed E-state index contributed by atoms with van der Waals surface area (Å²) in [4.78, 5) is 26.8. The number of nitrogens with zero attached hydrogens (tertiary/aromatic N) is 2. The first-order chi connectivity index (χ1) is 9.47. The molecule has 1 fully saturated rings. The summed E-state index contributed by atoms with van der Waals surface area (Å²) in [5.74, 6) is -0.728. The molecule has 0 saturated carbocycles. The van der Waals surface area contributed by atoms with Crippen molar-refractivity contribution in [2.45, 2.75) is 12.8 Å². The molecule has 1 saturated heterocycles. The fourth-order valence-electron chi connectivity index (χ4n) is 2.53. The predicted octanol–water partition coefficient (Wildman–Crippen LogP) is 1.69.